The van der Waals surface area contributed by atoms with E-state index in [2.05, 4.69) is 9.71 Å². The molecule has 1 amide bonds. The van der Waals surface area contributed by atoms with Gasteiger partial charge >= 0.3 is 0 Å². The molecule has 176 valence electrons. The molecule has 1 aliphatic rings. The highest BCUT2D eigenvalue weighted by atomic mass is 32.2. The highest BCUT2D eigenvalue weighted by Gasteiger charge is 2.27. The number of nitrogens with zero attached hydrogens (tertiary/aromatic N) is 3. The number of sulfonamides is 1. The Hall–Kier alpha value is -2.79. The van der Waals surface area contributed by atoms with Crippen molar-refractivity contribution in [3.63, 3.8) is 0 Å². The van der Waals surface area contributed by atoms with Crippen molar-refractivity contribution in [1.82, 2.24) is 14.5 Å². The molecule has 1 N–H and O–H groups in total. The summed E-state index contributed by atoms with van der Waals surface area (Å²) in [7, 11) is -2.46. The highest BCUT2D eigenvalue weighted by Crippen LogP contribution is 2.34. The maximum atomic E-state index is 14.0. The number of nitrogens with one attached hydrogen (secondary N) is 1. The molecular weight excluding hydrogens is 470 g/mol. The molecule has 0 aliphatic carbocycles. The van der Waals surface area contributed by atoms with E-state index in [1.54, 1.807) is 25.5 Å². The largest absolute Gasteiger partial charge is 0.345 e. The van der Waals surface area contributed by atoms with Crippen LogP contribution in [0.2, 0.25) is 0 Å². The van der Waals surface area contributed by atoms with Crippen LogP contribution in [-0.4, -0.2) is 41.9 Å². The molecule has 11 heteroatoms. The van der Waals surface area contributed by atoms with Crippen molar-refractivity contribution < 1.29 is 22.0 Å². The third-order valence-corrected chi connectivity index (χ3v) is 8.46. The van der Waals surface area contributed by atoms with Crippen LogP contribution in [0.15, 0.2) is 29.2 Å². The Kier molecular flexibility index (Phi) is 6.28. The molecule has 1 saturated heterocycles. The number of carbonyl (C=O) groups excluding carboxylic acids is 1. The fourth-order valence-corrected chi connectivity index (χ4v) is 6.31. The van der Waals surface area contributed by atoms with Gasteiger partial charge in [-0.2, -0.15) is 0 Å². The normalized spacial score (nSPS) is 14.5. The number of anilines is 1. The van der Waals surface area contributed by atoms with Crippen LogP contribution in [0.1, 0.15) is 40.3 Å². The Bertz CT molecular complexity index is 1330. The summed E-state index contributed by atoms with van der Waals surface area (Å²) >= 11 is 1.23. The summed E-state index contributed by atoms with van der Waals surface area (Å²) in [5, 5.41) is 0.521. The number of halogens is 2. The standard InChI is InChI=1S/C22H24F2N4O3S2/c1-13-20(22(29)28-9-5-4-6-10-28)32-21(25-13)18-12-19(14(2)27(18)3)33(30,31)26-17-8-7-15(23)11-16(17)24/h7-8,11-12,26H,4-6,9-10H2,1-3H3. The van der Waals surface area contributed by atoms with E-state index < -0.39 is 21.7 Å². The Morgan fingerprint density at radius 2 is 1.82 bits per heavy atom. The van der Waals surface area contributed by atoms with Crippen molar-refractivity contribution in [1.29, 1.82) is 0 Å². The molecule has 0 atom stereocenters. The third-order valence-electron chi connectivity index (χ3n) is 5.81. The number of aromatic nitrogens is 2. The van der Waals surface area contributed by atoms with Gasteiger partial charge in [0.05, 0.1) is 17.1 Å². The first kappa shape index (κ1) is 23.4. The third kappa shape index (κ3) is 4.51. The van der Waals surface area contributed by atoms with E-state index in [-0.39, 0.29) is 16.5 Å². The predicted octanol–water partition coefficient (Wildman–Crippen LogP) is 4.47. The minimum absolute atomic E-state index is 0.0526. The summed E-state index contributed by atoms with van der Waals surface area (Å²) in [6.45, 7) is 4.84. The summed E-state index contributed by atoms with van der Waals surface area (Å²) in [4.78, 5) is 19.8. The van der Waals surface area contributed by atoms with Crippen molar-refractivity contribution in [3.05, 3.63) is 52.2 Å². The number of likely N-dealkylation sites (tertiary alicyclic amines) is 1. The van der Waals surface area contributed by atoms with Crippen LogP contribution in [0.4, 0.5) is 14.5 Å². The molecule has 1 aliphatic heterocycles. The van der Waals surface area contributed by atoms with Crippen molar-refractivity contribution in [2.24, 2.45) is 7.05 Å². The maximum Gasteiger partial charge on any atom is 0.265 e. The van der Waals surface area contributed by atoms with E-state index in [1.807, 2.05) is 4.90 Å². The Labute approximate surface area is 195 Å². The van der Waals surface area contributed by atoms with E-state index in [9.17, 15) is 22.0 Å². The van der Waals surface area contributed by atoms with E-state index in [0.717, 1.165) is 44.5 Å². The van der Waals surface area contributed by atoms with E-state index in [1.165, 1.54) is 17.4 Å². The van der Waals surface area contributed by atoms with Crippen LogP contribution in [0.5, 0.6) is 0 Å². The van der Waals surface area contributed by atoms with Crippen LogP contribution in [0, 0.1) is 25.5 Å². The molecule has 1 aromatic carbocycles. The van der Waals surface area contributed by atoms with Gasteiger partial charge in [-0.15, -0.1) is 11.3 Å². The molecule has 3 aromatic rings. The second kappa shape index (κ2) is 8.86. The lowest BCUT2D eigenvalue weighted by molar-refractivity contribution is 0.0728. The van der Waals surface area contributed by atoms with Gasteiger partial charge in [-0.25, -0.2) is 22.2 Å². The Morgan fingerprint density at radius 1 is 1.12 bits per heavy atom. The van der Waals surface area contributed by atoms with Crippen molar-refractivity contribution in [2.45, 2.75) is 38.0 Å². The van der Waals surface area contributed by atoms with Gasteiger partial charge in [-0.1, -0.05) is 0 Å². The Morgan fingerprint density at radius 3 is 2.48 bits per heavy atom. The van der Waals surface area contributed by atoms with Gasteiger partial charge in [0.1, 0.15) is 26.4 Å². The summed E-state index contributed by atoms with van der Waals surface area (Å²) in [6.07, 6.45) is 3.08. The fourth-order valence-electron chi connectivity index (χ4n) is 3.87. The molecule has 33 heavy (non-hydrogen) atoms. The zero-order valence-corrected chi connectivity index (χ0v) is 20.1. The maximum absolute atomic E-state index is 14.0. The van der Waals surface area contributed by atoms with Crippen LogP contribution in [0.3, 0.4) is 0 Å². The van der Waals surface area contributed by atoms with Gasteiger partial charge < -0.3 is 9.47 Å². The minimum Gasteiger partial charge on any atom is -0.345 e. The van der Waals surface area contributed by atoms with Gasteiger partial charge in [0.25, 0.3) is 15.9 Å². The molecule has 1 fully saturated rings. The quantitative estimate of drug-likeness (QED) is 0.567. The summed E-state index contributed by atoms with van der Waals surface area (Å²) < 4.78 is 57.0. The molecule has 0 saturated carbocycles. The summed E-state index contributed by atoms with van der Waals surface area (Å²) in [6, 6.07) is 4.07. The average molecular weight is 495 g/mol. The minimum atomic E-state index is -4.16. The molecule has 0 bridgehead atoms. The van der Waals surface area contributed by atoms with Crippen molar-refractivity contribution in [3.8, 4) is 10.7 Å². The molecule has 3 heterocycles. The van der Waals surface area contributed by atoms with Gasteiger partial charge in [-0.05, 0) is 51.3 Å². The molecule has 4 rings (SSSR count). The molecule has 0 spiro atoms. The second-order valence-corrected chi connectivity index (χ2v) is 10.7. The fraction of sp³-hybridized carbons (Fsp3) is 0.364. The molecular formula is C22H24F2N4O3S2. The van der Waals surface area contributed by atoms with E-state index >= 15 is 0 Å². The Balaban J connectivity index is 1.67. The highest BCUT2D eigenvalue weighted by molar-refractivity contribution is 7.92. The van der Waals surface area contributed by atoms with Gasteiger partial charge in [0, 0.05) is 31.9 Å². The smallest absolute Gasteiger partial charge is 0.265 e. The SMILES string of the molecule is Cc1nc(-c2cc(S(=O)(=O)Nc3ccc(F)cc3F)c(C)n2C)sc1C(=O)N1CCCCC1. The number of amides is 1. The summed E-state index contributed by atoms with van der Waals surface area (Å²) in [5.41, 5.74) is 1.19. The van der Waals surface area contributed by atoms with Gasteiger partial charge in [-0.3, -0.25) is 9.52 Å². The molecule has 7 nitrogen and oxygen atoms in total. The van der Waals surface area contributed by atoms with E-state index in [0.29, 0.717) is 33.0 Å². The number of benzene rings is 1. The second-order valence-electron chi connectivity index (χ2n) is 8.05. The number of rotatable bonds is 5. The number of aryl methyl sites for hydroxylation is 1. The predicted molar refractivity (Wildman–Crippen MR) is 123 cm³/mol. The molecule has 2 aromatic heterocycles. The van der Waals surface area contributed by atoms with Crippen LogP contribution < -0.4 is 4.72 Å². The first-order valence-electron chi connectivity index (χ1n) is 10.5. The van der Waals surface area contributed by atoms with Crippen molar-refractivity contribution >= 4 is 33.0 Å². The lowest BCUT2D eigenvalue weighted by Crippen LogP contribution is -2.35. The first-order chi connectivity index (χ1) is 15.6. The van der Waals surface area contributed by atoms with Gasteiger partial charge in [0.15, 0.2) is 0 Å². The monoisotopic (exact) mass is 494 g/mol. The average Bonchev–Trinajstić information content (AvgIpc) is 3.30. The summed E-state index contributed by atoms with van der Waals surface area (Å²) in [5.74, 6) is -1.87. The number of thiazole rings is 1. The van der Waals surface area contributed by atoms with Crippen molar-refractivity contribution in [2.75, 3.05) is 17.8 Å². The van der Waals surface area contributed by atoms with Crippen LogP contribution >= 0.6 is 11.3 Å². The lowest BCUT2D eigenvalue weighted by atomic mass is 10.1. The number of piperidine rings is 1. The number of hydrogen-bond donors (Lipinski definition) is 1. The zero-order valence-electron chi connectivity index (χ0n) is 18.5. The topological polar surface area (TPSA) is 84.3 Å². The molecule has 0 unspecified atom stereocenters. The van der Waals surface area contributed by atoms with Crippen LogP contribution in [0.25, 0.3) is 10.7 Å². The molecule has 0 radical (unpaired) electrons. The number of hydrogen-bond acceptors (Lipinski definition) is 5. The van der Waals surface area contributed by atoms with E-state index in [4.69, 9.17) is 0 Å². The first-order valence-corrected chi connectivity index (χ1v) is 12.8. The van der Waals surface area contributed by atoms with Gasteiger partial charge in [0.2, 0.25) is 0 Å². The number of carbonyl (C=O) groups is 1. The zero-order chi connectivity index (χ0) is 23.9. The lowest BCUT2D eigenvalue weighted by Gasteiger charge is -2.26. The van der Waals surface area contributed by atoms with Crippen LogP contribution in [-0.2, 0) is 17.1 Å².